The first kappa shape index (κ1) is 21.2. The summed E-state index contributed by atoms with van der Waals surface area (Å²) in [6.45, 7) is 5.37. The second-order valence-corrected chi connectivity index (χ2v) is 7.17. The van der Waals surface area contributed by atoms with E-state index in [4.69, 9.17) is 5.73 Å². The molecule has 0 fully saturated rings. The lowest BCUT2D eigenvalue weighted by Gasteiger charge is -2.29. The predicted octanol–water partition coefficient (Wildman–Crippen LogP) is 3.95. The highest BCUT2D eigenvalue weighted by molar-refractivity contribution is 5.95. The maximum Gasteiger partial charge on any atom is 0.253 e. The Kier molecular flexibility index (Phi) is 8.14. The predicted molar refractivity (Wildman–Crippen MR) is 107 cm³/mol. The largest absolute Gasteiger partial charge is 0.341 e. The van der Waals surface area contributed by atoms with Gasteiger partial charge < -0.3 is 10.6 Å². The van der Waals surface area contributed by atoms with Crippen molar-refractivity contribution in [1.29, 1.82) is 0 Å². The number of aryl methyl sites for hydroxylation is 2. The standard InChI is InChI=1S/C21H28N2O.ClH/c1-21(2,15-22)16-23(3)20(24)19-12-8-7-11-18(19)14-13-17-9-5-4-6-10-17;/h4-12H,13-16,22H2,1-3H3;1H. The molecule has 0 heterocycles. The fourth-order valence-electron chi connectivity index (χ4n) is 2.85. The Bertz CT molecular complexity index is 671. The van der Waals surface area contributed by atoms with Gasteiger partial charge >= 0.3 is 0 Å². The molecular weight excluding hydrogens is 332 g/mol. The number of hydrogen-bond donors (Lipinski definition) is 1. The van der Waals surface area contributed by atoms with E-state index in [9.17, 15) is 4.79 Å². The molecule has 0 saturated heterocycles. The van der Waals surface area contributed by atoms with Gasteiger partial charge in [0.1, 0.15) is 0 Å². The van der Waals surface area contributed by atoms with Crippen molar-refractivity contribution in [3.63, 3.8) is 0 Å². The molecule has 0 unspecified atom stereocenters. The van der Waals surface area contributed by atoms with Crippen LogP contribution >= 0.6 is 12.4 Å². The van der Waals surface area contributed by atoms with Crippen LogP contribution in [0.15, 0.2) is 54.6 Å². The second kappa shape index (κ2) is 9.59. The van der Waals surface area contributed by atoms with E-state index in [1.54, 1.807) is 4.90 Å². The van der Waals surface area contributed by atoms with Crippen molar-refractivity contribution < 1.29 is 4.79 Å². The number of hydrogen-bond acceptors (Lipinski definition) is 2. The Hall–Kier alpha value is -1.84. The summed E-state index contributed by atoms with van der Waals surface area (Å²) in [6, 6.07) is 18.3. The number of rotatable bonds is 7. The zero-order valence-corrected chi connectivity index (χ0v) is 16.2. The number of nitrogens with zero attached hydrogens (tertiary/aromatic N) is 1. The maximum atomic E-state index is 12.9. The number of carbonyl (C=O) groups is 1. The van der Waals surface area contributed by atoms with Crippen LogP contribution in [0.2, 0.25) is 0 Å². The number of amides is 1. The molecular formula is C21H29ClN2O. The van der Waals surface area contributed by atoms with Crippen LogP contribution in [0.3, 0.4) is 0 Å². The fourth-order valence-corrected chi connectivity index (χ4v) is 2.85. The molecule has 0 saturated carbocycles. The van der Waals surface area contributed by atoms with E-state index in [0.29, 0.717) is 13.1 Å². The van der Waals surface area contributed by atoms with Gasteiger partial charge in [0.15, 0.2) is 0 Å². The summed E-state index contributed by atoms with van der Waals surface area (Å²) in [5, 5.41) is 0. The normalized spacial score (nSPS) is 10.9. The molecule has 1 amide bonds. The molecule has 136 valence electrons. The molecule has 2 N–H and O–H groups in total. The molecule has 0 bridgehead atoms. The molecule has 25 heavy (non-hydrogen) atoms. The first-order valence-corrected chi connectivity index (χ1v) is 8.50. The first-order valence-electron chi connectivity index (χ1n) is 8.50. The number of nitrogens with two attached hydrogens (primary N) is 1. The van der Waals surface area contributed by atoms with Gasteiger partial charge in [-0.3, -0.25) is 4.79 Å². The van der Waals surface area contributed by atoms with Crippen molar-refractivity contribution in [2.24, 2.45) is 11.1 Å². The highest BCUT2D eigenvalue weighted by atomic mass is 35.5. The number of carbonyl (C=O) groups excluding carboxylic acids is 1. The number of benzene rings is 2. The van der Waals surface area contributed by atoms with Crippen molar-refractivity contribution in [3.8, 4) is 0 Å². The quantitative estimate of drug-likeness (QED) is 0.812. The zero-order chi connectivity index (χ0) is 17.6. The molecule has 3 nitrogen and oxygen atoms in total. The topological polar surface area (TPSA) is 46.3 Å². The van der Waals surface area contributed by atoms with Gasteiger partial charge in [-0.15, -0.1) is 12.4 Å². The van der Waals surface area contributed by atoms with Gasteiger partial charge in [0.25, 0.3) is 5.91 Å². The molecule has 2 rings (SSSR count). The van der Waals surface area contributed by atoms with Crippen molar-refractivity contribution in [1.82, 2.24) is 4.90 Å². The van der Waals surface area contributed by atoms with Crippen molar-refractivity contribution in [2.45, 2.75) is 26.7 Å². The highest BCUT2D eigenvalue weighted by Crippen LogP contribution is 2.18. The van der Waals surface area contributed by atoms with Gasteiger partial charge in [0, 0.05) is 19.2 Å². The van der Waals surface area contributed by atoms with Gasteiger partial charge in [-0.25, -0.2) is 0 Å². The Morgan fingerprint density at radius 3 is 2.24 bits per heavy atom. The van der Waals surface area contributed by atoms with E-state index in [1.807, 2.05) is 31.3 Å². The summed E-state index contributed by atoms with van der Waals surface area (Å²) in [6.07, 6.45) is 1.79. The SMILES string of the molecule is CN(CC(C)(C)CN)C(=O)c1ccccc1CCc1ccccc1.Cl. The minimum Gasteiger partial charge on any atom is -0.341 e. The third kappa shape index (κ3) is 6.18. The first-order chi connectivity index (χ1) is 11.4. The van der Waals surface area contributed by atoms with Crippen LogP contribution in [-0.4, -0.2) is 30.9 Å². The summed E-state index contributed by atoms with van der Waals surface area (Å²) in [4.78, 5) is 14.6. The summed E-state index contributed by atoms with van der Waals surface area (Å²) in [5.41, 5.74) is 8.90. The van der Waals surface area contributed by atoms with Crippen LogP contribution < -0.4 is 5.73 Å². The summed E-state index contributed by atoms with van der Waals surface area (Å²) >= 11 is 0. The van der Waals surface area contributed by atoms with Crippen LogP contribution in [0.4, 0.5) is 0 Å². The molecule has 0 aliphatic carbocycles. The average molecular weight is 361 g/mol. The lowest BCUT2D eigenvalue weighted by molar-refractivity contribution is 0.0739. The molecule has 0 aliphatic heterocycles. The second-order valence-electron chi connectivity index (χ2n) is 7.17. The minimum absolute atomic E-state index is 0. The van der Waals surface area contributed by atoms with E-state index in [-0.39, 0.29) is 23.7 Å². The van der Waals surface area contributed by atoms with E-state index in [0.717, 1.165) is 24.0 Å². The summed E-state index contributed by atoms with van der Waals surface area (Å²) in [7, 11) is 1.85. The molecule has 4 heteroatoms. The third-order valence-electron chi connectivity index (χ3n) is 4.34. The van der Waals surface area contributed by atoms with Gasteiger partial charge in [-0.1, -0.05) is 62.4 Å². The van der Waals surface area contributed by atoms with Crippen LogP contribution in [0.25, 0.3) is 0 Å². The molecule has 0 radical (unpaired) electrons. The lowest BCUT2D eigenvalue weighted by Crippen LogP contribution is -2.40. The van der Waals surface area contributed by atoms with Crippen LogP contribution in [0.1, 0.15) is 35.3 Å². The van der Waals surface area contributed by atoms with E-state index >= 15 is 0 Å². The molecule has 2 aromatic carbocycles. The minimum atomic E-state index is -0.0800. The van der Waals surface area contributed by atoms with E-state index in [2.05, 4.69) is 44.2 Å². The van der Waals surface area contributed by atoms with Gasteiger partial charge in [0.05, 0.1) is 0 Å². The molecule has 2 aromatic rings. The Morgan fingerprint density at radius 2 is 1.60 bits per heavy atom. The fraction of sp³-hybridized carbons (Fsp3) is 0.381. The van der Waals surface area contributed by atoms with Gasteiger partial charge in [-0.2, -0.15) is 0 Å². The highest BCUT2D eigenvalue weighted by Gasteiger charge is 2.23. The summed E-state index contributed by atoms with van der Waals surface area (Å²) < 4.78 is 0. The zero-order valence-electron chi connectivity index (χ0n) is 15.4. The molecule has 0 spiro atoms. The van der Waals surface area contributed by atoms with Crippen LogP contribution in [0, 0.1) is 5.41 Å². The van der Waals surface area contributed by atoms with E-state index in [1.165, 1.54) is 5.56 Å². The Morgan fingerprint density at radius 1 is 1.00 bits per heavy atom. The van der Waals surface area contributed by atoms with Gasteiger partial charge in [0.2, 0.25) is 0 Å². The van der Waals surface area contributed by atoms with Crippen LogP contribution in [-0.2, 0) is 12.8 Å². The van der Waals surface area contributed by atoms with Gasteiger partial charge in [-0.05, 0) is 42.0 Å². The smallest absolute Gasteiger partial charge is 0.253 e. The van der Waals surface area contributed by atoms with Crippen molar-refractivity contribution >= 4 is 18.3 Å². The van der Waals surface area contributed by atoms with Crippen LogP contribution in [0.5, 0.6) is 0 Å². The van der Waals surface area contributed by atoms with Crippen molar-refractivity contribution in [2.75, 3.05) is 20.1 Å². The molecule has 0 atom stereocenters. The molecule has 0 aromatic heterocycles. The lowest BCUT2D eigenvalue weighted by atomic mass is 9.92. The van der Waals surface area contributed by atoms with E-state index < -0.39 is 0 Å². The Balaban J connectivity index is 0.00000312. The average Bonchev–Trinajstić information content (AvgIpc) is 2.60. The monoisotopic (exact) mass is 360 g/mol. The number of halogens is 1. The third-order valence-corrected chi connectivity index (χ3v) is 4.34. The summed E-state index contributed by atoms with van der Waals surface area (Å²) in [5.74, 6) is 0.0696. The molecule has 0 aliphatic rings. The Labute approximate surface area is 157 Å². The van der Waals surface area contributed by atoms with Crippen molar-refractivity contribution in [3.05, 3.63) is 71.3 Å². The maximum absolute atomic E-state index is 12.9.